The van der Waals surface area contributed by atoms with Gasteiger partial charge in [-0.25, -0.2) is 0 Å². The van der Waals surface area contributed by atoms with Crippen LogP contribution in [0.3, 0.4) is 0 Å². The number of ether oxygens (including phenoxy) is 1. The van der Waals surface area contributed by atoms with E-state index in [1.165, 1.54) is 7.11 Å². The zero-order chi connectivity index (χ0) is 8.20. The second-order valence-corrected chi connectivity index (χ2v) is 3.18. The van der Waals surface area contributed by atoms with Gasteiger partial charge in [-0.05, 0) is 20.8 Å². The van der Waals surface area contributed by atoms with Crippen molar-refractivity contribution in [1.82, 2.24) is 5.32 Å². The van der Waals surface area contributed by atoms with Crippen LogP contribution in [0, 0.1) is 0 Å². The summed E-state index contributed by atoms with van der Waals surface area (Å²) in [6.45, 7) is 6.27. The Labute approximate surface area is 73.9 Å². The topological polar surface area (TPSA) is 38.3 Å². The van der Waals surface area contributed by atoms with Crippen LogP contribution in [0.25, 0.3) is 0 Å². The highest BCUT2D eigenvalue weighted by atomic mass is 35.5. The quantitative estimate of drug-likeness (QED) is 0.646. The maximum atomic E-state index is 10.6. The van der Waals surface area contributed by atoms with Crippen molar-refractivity contribution in [2.24, 2.45) is 0 Å². The summed E-state index contributed by atoms with van der Waals surface area (Å²) < 4.78 is 4.44. The summed E-state index contributed by atoms with van der Waals surface area (Å²) in [7, 11) is 1.38. The van der Waals surface area contributed by atoms with Crippen molar-refractivity contribution in [1.29, 1.82) is 0 Å². The minimum absolute atomic E-state index is 0. The van der Waals surface area contributed by atoms with Gasteiger partial charge in [-0.2, -0.15) is 0 Å². The molecule has 0 saturated heterocycles. The Kier molecular flexibility index (Phi) is 6.52. The van der Waals surface area contributed by atoms with Crippen molar-refractivity contribution in [2.75, 3.05) is 13.7 Å². The lowest BCUT2D eigenvalue weighted by Crippen LogP contribution is -2.39. The Morgan fingerprint density at radius 2 is 1.91 bits per heavy atom. The maximum Gasteiger partial charge on any atom is 0.319 e. The highest BCUT2D eigenvalue weighted by molar-refractivity contribution is 5.85. The SMILES string of the molecule is COC(=O)CNC(C)(C)C.Cl. The third kappa shape index (κ3) is 9.72. The molecule has 0 aliphatic heterocycles. The summed E-state index contributed by atoms with van der Waals surface area (Å²) in [5, 5.41) is 3.00. The number of esters is 1. The molecule has 0 aromatic rings. The molecule has 4 heteroatoms. The Balaban J connectivity index is 0. The number of rotatable bonds is 2. The predicted octanol–water partition coefficient (Wildman–Crippen LogP) is 0.969. The monoisotopic (exact) mass is 181 g/mol. The van der Waals surface area contributed by atoms with Gasteiger partial charge in [0.1, 0.15) is 0 Å². The predicted molar refractivity (Wildman–Crippen MR) is 47.0 cm³/mol. The van der Waals surface area contributed by atoms with E-state index in [1.54, 1.807) is 0 Å². The van der Waals surface area contributed by atoms with Crippen molar-refractivity contribution in [2.45, 2.75) is 26.3 Å². The molecule has 0 saturated carbocycles. The summed E-state index contributed by atoms with van der Waals surface area (Å²) in [6, 6.07) is 0. The number of nitrogens with one attached hydrogen (secondary N) is 1. The number of hydrogen-bond acceptors (Lipinski definition) is 3. The molecule has 0 aliphatic rings. The standard InChI is InChI=1S/C7H15NO2.ClH/c1-7(2,3)8-5-6(9)10-4;/h8H,5H2,1-4H3;1H. The Bertz CT molecular complexity index is 120. The first-order valence-corrected chi connectivity index (χ1v) is 3.27. The van der Waals surface area contributed by atoms with Gasteiger partial charge in [-0.1, -0.05) is 0 Å². The van der Waals surface area contributed by atoms with Crippen LogP contribution in [0.5, 0.6) is 0 Å². The van der Waals surface area contributed by atoms with Crippen LogP contribution < -0.4 is 5.32 Å². The summed E-state index contributed by atoms with van der Waals surface area (Å²) >= 11 is 0. The molecule has 1 N–H and O–H groups in total. The molecule has 3 nitrogen and oxygen atoms in total. The fourth-order valence-electron chi connectivity index (χ4n) is 0.410. The van der Waals surface area contributed by atoms with Crippen LogP contribution in [0.15, 0.2) is 0 Å². The first-order valence-electron chi connectivity index (χ1n) is 3.27. The van der Waals surface area contributed by atoms with Gasteiger partial charge in [0.05, 0.1) is 13.7 Å². The van der Waals surface area contributed by atoms with Crippen molar-refractivity contribution in [3.05, 3.63) is 0 Å². The van der Waals surface area contributed by atoms with Gasteiger partial charge in [-0.15, -0.1) is 12.4 Å². The second-order valence-electron chi connectivity index (χ2n) is 3.18. The first kappa shape index (κ1) is 13.3. The molecule has 0 radical (unpaired) electrons. The second kappa shape index (κ2) is 5.38. The van der Waals surface area contributed by atoms with Gasteiger partial charge < -0.3 is 10.1 Å². The lowest BCUT2D eigenvalue weighted by atomic mass is 10.1. The van der Waals surface area contributed by atoms with Crippen LogP contribution in [0.2, 0.25) is 0 Å². The normalized spacial score (nSPS) is 10.2. The van der Waals surface area contributed by atoms with Gasteiger partial charge in [-0.3, -0.25) is 4.79 Å². The number of halogens is 1. The van der Waals surface area contributed by atoms with E-state index in [-0.39, 0.29) is 30.5 Å². The molecule has 0 amide bonds. The molecule has 0 aliphatic carbocycles. The Morgan fingerprint density at radius 3 is 2.18 bits per heavy atom. The van der Waals surface area contributed by atoms with Gasteiger partial charge in [0.2, 0.25) is 0 Å². The molecule has 0 spiro atoms. The minimum Gasteiger partial charge on any atom is -0.468 e. The number of carbonyl (C=O) groups is 1. The van der Waals surface area contributed by atoms with Crippen LogP contribution in [0.1, 0.15) is 20.8 Å². The molecular formula is C7H16ClNO2. The van der Waals surface area contributed by atoms with Gasteiger partial charge in [0.15, 0.2) is 0 Å². The first-order chi connectivity index (χ1) is 4.45. The zero-order valence-electron chi connectivity index (χ0n) is 7.43. The molecular weight excluding hydrogens is 166 g/mol. The molecule has 0 atom stereocenters. The molecule has 0 aromatic heterocycles. The van der Waals surface area contributed by atoms with Crippen LogP contribution in [0.4, 0.5) is 0 Å². The third-order valence-corrected chi connectivity index (χ3v) is 0.991. The van der Waals surface area contributed by atoms with Gasteiger partial charge >= 0.3 is 5.97 Å². The zero-order valence-corrected chi connectivity index (χ0v) is 8.25. The molecule has 0 rings (SSSR count). The highest BCUT2D eigenvalue weighted by Gasteiger charge is 2.10. The van der Waals surface area contributed by atoms with Crippen LogP contribution in [-0.2, 0) is 9.53 Å². The largest absolute Gasteiger partial charge is 0.468 e. The van der Waals surface area contributed by atoms with E-state index in [1.807, 2.05) is 20.8 Å². The average Bonchev–Trinajstić information content (AvgIpc) is 1.81. The summed E-state index contributed by atoms with van der Waals surface area (Å²) in [5.74, 6) is -0.227. The molecule has 0 bridgehead atoms. The number of carbonyl (C=O) groups excluding carboxylic acids is 1. The lowest BCUT2D eigenvalue weighted by molar-refractivity contribution is -0.139. The third-order valence-electron chi connectivity index (χ3n) is 0.991. The van der Waals surface area contributed by atoms with Gasteiger partial charge in [0.25, 0.3) is 0 Å². The number of methoxy groups -OCH3 is 1. The van der Waals surface area contributed by atoms with Crippen molar-refractivity contribution in [3.63, 3.8) is 0 Å². The van der Waals surface area contributed by atoms with Crippen LogP contribution in [-0.4, -0.2) is 25.2 Å². The molecule has 0 unspecified atom stereocenters. The average molecular weight is 182 g/mol. The molecule has 0 aromatic carbocycles. The highest BCUT2D eigenvalue weighted by Crippen LogP contribution is 1.96. The van der Waals surface area contributed by atoms with Crippen molar-refractivity contribution < 1.29 is 9.53 Å². The Morgan fingerprint density at radius 1 is 1.45 bits per heavy atom. The smallest absolute Gasteiger partial charge is 0.319 e. The maximum absolute atomic E-state index is 10.6. The van der Waals surface area contributed by atoms with Crippen molar-refractivity contribution in [3.8, 4) is 0 Å². The van der Waals surface area contributed by atoms with E-state index >= 15 is 0 Å². The molecule has 0 heterocycles. The summed E-state index contributed by atoms with van der Waals surface area (Å²) in [5.41, 5.74) is -0.0197. The number of hydrogen-bond donors (Lipinski definition) is 1. The Hall–Kier alpha value is -0.280. The van der Waals surface area contributed by atoms with Crippen LogP contribution >= 0.6 is 12.4 Å². The summed E-state index contributed by atoms with van der Waals surface area (Å²) in [6.07, 6.45) is 0. The molecule has 68 valence electrons. The van der Waals surface area contributed by atoms with Gasteiger partial charge in [0, 0.05) is 5.54 Å². The van der Waals surface area contributed by atoms with E-state index in [0.717, 1.165) is 0 Å². The van der Waals surface area contributed by atoms with E-state index in [0.29, 0.717) is 0 Å². The van der Waals surface area contributed by atoms with E-state index < -0.39 is 0 Å². The lowest BCUT2D eigenvalue weighted by Gasteiger charge is -2.19. The minimum atomic E-state index is -0.227. The van der Waals surface area contributed by atoms with E-state index in [2.05, 4.69) is 10.1 Å². The van der Waals surface area contributed by atoms with Crippen molar-refractivity contribution >= 4 is 18.4 Å². The fraction of sp³-hybridized carbons (Fsp3) is 0.857. The summed E-state index contributed by atoms with van der Waals surface area (Å²) in [4.78, 5) is 10.6. The van der Waals surface area contributed by atoms with E-state index in [9.17, 15) is 4.79 Å². The molecule has 11 heavy (non-hydrogen) atoms. The van der Waals surface area contributed by atoms with E-state index in [4.69, 9.17) is 0 Å². The molecule has 0 fully saturated rings. The fourth-order valence-corrected chi connectivity index (χ4v) is 0.410.